The maximum Gasteiger partial charge on any atom is 0.317 e. The molecule has 2 rings (SSSR count). The molecule has 3 N–H and O–H groups in total. The Morgan fingerprint density at radius 3 is 2.17 bits per heavy atom. The van der Waals surface area contributed by atoms with Gasteiger partial charge in [-0.1, -0.05) is 17.7 Å². The van der Waals surface area contributed by atoms with Crippen LogP contribution in [-0.2, 0) is 14.4 Å². The number of hydrogen-bond acceptors (Lipinski definition) is 8. The highest BCUT2D eigenvalue weighted by Gasteiger charge is 2.15. The molecule has 0 fully saturated rings. The number of hydroxylamine groups is 1. The number of nitrogens with one attached hydrogen (secondary N) is 1. The summed E-state index contributed by atoms with van der Waals surface area (Å²) in [4.78, 5) is -0.0260. The third-order valence-corrected chi connectivity index (χ3v) is 4.82. The predicted molar refractivity (Wildman–Crippen MR) is 108 cm³/mol. The summed E-state index contributed by atoms with van der Waals surface area (Å²) in [5.74, 6) is 1.06. The van der Waals surface area contributed by atoms with Crippen molar-refractivity contribution in [1.82, 2.24) is 5.48 Å². The summed E-state index contributed by atoms with van der Waals surface area (Å²) in [5, 5.41) is 7.43. The van der Waals surface area contributed by atoms with Crippen molar-refractivity contribution in [3.63, 3.8) is 0 Å². The summed E-state index contributed by atoms with van der Waals surface area (Å²) in [7, 11) is 0.440. The van der Waals surface area contributed by atoms with Crippen molar-refractivity contribution in [1.29, 1.82) is 0 Å². The Kier molecular flexibility index (Phi) is 7.39. The number of nitrogens with zero attached hydrogens (tertiary/aromatic N) is 2. The SMILES string of the molecule is COc1cc(OC)c(OC)cc1C=NN=C(N)NOS(=O)(=O)c1ccc(C)cc1. The summed E-state index contributed by atoms with van der Waals surface area (Å²) in [5.41, 5.74) is 9.07. The van der Waals surface area contributed by atoms with Crippen LogP contribution in [0.15, 0.2) is 51.5 Å². The van der Waals surface area contributed by atoms with Crippen LogP contribution in [0.4, 0.5) is 0 Å². The van der Waals surface area contributed by atoms with E-state index in [0.717, 1.165) is 5.56 Å². The first-order valence-corrected chi connectivity index (χ1v) is 9.64. The molecule has 0 unspecified atom stereocenters. The average molecular weight is 422 g/mol. The zero-order valence-corrected chi connectivity index (χ0v) is 17.2. The Morgan fingerprint density at radius 1 is 1.00 bits per heavy atom. The number of nitrogens with two attached hydrogens (primary N) is 1. The first kappa shape index (κ1) is 22.0. The van der Waals surface area contributed by atoms with Gasteiger partial charge in [0.25, 0.3) is 0 Å². The van der Waals surface area contributed by atoms with Crippen LogP contribution in [0.1, 0.15) is 11.1 Å². The molecule has 0 heterocycles. The fourth-order valence-corrected chi connectivity index (χ4v) is 2.94. The van der Waals surface area contributed by atoms with E-state index in [1.807, 2.05) is 12.4 Å². The molecular weight excluding hydrogens is 400 g/mol. The van der Waals surface area contributed by atoms with Gasteiger partial charge in [0.15, 0.2) is 11.5 Å². The van der Waals surface area contributed by atoms with E-state index >= 15 is 0 Å². The van der Waals surface area contributed by atoms with Crippen LogP contribution in [0.3, 0.4) is 0 Å². The summed E-state index contributed by atoms with van der Waals surface area (Å²) in [6.45, 7) is 1.84. The molecule has 0 radical (unpaired) electrons. The first-order chi connectivity index (χ1) is 13.8. The lowest BCUT2D eigenvalue weighted by Gasteiger charge is -2.11. The van der Waals surface area contributed by atoms with Crippen molar-refractivity contribution in [2.24, 2.45) is 15.9 Å². The van der Waals surface area contributed by atoms with Crippen LogP contribution >= 0.6 is 0 Å². The van der Waals surface area contributed by atoms with Crippen molar-refractivity contribution >= 4 is 22.3 Å². The lowest BCUT2D eigenvalue weighted by Crippen LogP contribution is -2.33. The smallest absolute Gasteiger partial charge is 0.317 e. The standard InChI is InChI=1S/C18H22N4O6S/c1-12-5-7-14(8-6-12)29(23,24)28-22-18(19)21-20-11-13-9-16(26-3)17(27-4)10-15(13)25-2/h5-11H,1-4H3,(H3,19,21,22). The largest absolute Gasteiger partial charge is 0.496 e. The Bertz CT molecular complexity index is 1000. The molecule has 0 aromatic heterocycles. The van der Waals surface area contributed by atoms with Crippen LogP contribution in [0.2, 0.25) is 0 Å². The Balaban J connectivity index is 2.09. The molecular formula is C18H22N4O6S. The fourth-order valence-electron chi connectivity index (χ4n) is 2.18. The lowest BCUT2D eigenvalue weighted by atomic mass is 10.2. The van der Waals surface area contributed by atoms with Gasteiger partial charge >= 0.3 is 10.1 Å². The molecule has 156 valence electrons. The zero-order chi connectivity index (χ0) is 21.4. The normalized spacial score (nSPS) is 12.1. The van der Waals surface area contributed by atoms with E-state index in [0.29, 0.717) is 22.8 Å². The van der Waals surface area contributed by atoms with E-state index in [1.165, 1.54) is 39.7 Å². The summed E-state index contributed by atoms with van der Waals surface area (Å²) < 4.78 is 44.5. The van der Waals surface area contributed by atoms with Crippen LogP contribution < -0.4 is 25.4 Å². The minimum absolute atomic E-state index is 0.0260. The zero-order valence-electron chi connectivity index (χ0n) is 16.4. The Morgan fingerprint density at radius 2 is 1.59 bits per heavy atom. The molecule has 11 heteroatoms. The van der Waals surface area contributed by atoms with Crippen molar-refractivity contribution in [2.75, 3.05) is 21.3 Å². The number of ether oxygens (including phenoxy) is 3. The van der Waals surface area contributed by atoms with E-state index in [4.69, 9.17) is 19.9 Å². The second-order valence-corrected chi connectivity index (χ2v) is 7.18. The fraction of sp³-hybridized carbons (Fsp3) is 0.222. The first-order valence-electron chi connectivity index (χ1n) is 8.23. The second-order valence-electron chi connectivity index (χ2n) is 5.63. The van der Waals surface area contributed by atoms with Crippen LogP contribution in [0, 0.1) is 6.92 Å². The molecule has 2 aromatic rings. The van der Waals surface area contributed by atoms with Gasteiger partial charge in [0.2, 0.25) is 5.96 Å². The van der Waals surface area contributed by atoms with Gasteiger partial charge in [-0.15, -0.1) is 9.39 Å². The average Bonchev–Trinajstić information content (AvgIpc) is 2.72. The van der Waals surface area contributed by atoms with Gasteiger partial charge in [0.1, 0.15) is 5.75 Å². The molecule has 0 bridgehead atoms. The van der Waals surface area contributed by atoms with E-state index in [2.05, 4.69) is 14.5 Å². The van der Waals surface area contributed by atoms with E-state index < -0.39 is 10.1 Å². The van der Waals surface area contributed by atoms with Crippen LogP contribution in [0.5, 0.6) is 17.2 Å². The molecule has 10 nitrogen and oxygen atoms in total. The van der Waals surface area contributed by atoms with Crippen LogP contribution in [0.25, 0.3) is 0 Å². The molecule has 0 atom stereocenters. The number of methoxy groups -OCH3 is 3. The summed E-state index contributed by atoms with van der Waals surface area (Å²) >= 11 is 0. The lowest BCUT2D eigenvalue weighted by molar-refractivity contribution is 0.266. The maximum absolute atomic E-state index is 12.1. The Labute approximate surface area is 169 Å². The predicted octanol–water partition coefficient (Wildman–Crippen LogP) is 1.58. The summed E-state index contributed by atoms with van der Waals surface area (Å²) in [6, 6.07) is 9.40. The maximum atomic E-state index is 12.1. The number of rotatable bonds is 8. The molecule has 0 aliphatic carbocycles. The highest BCUT2D eigenvalue weighted by Crippen LogP contribution is 2.33. The highest BCUT2D eigenvalue weighted by molar-refractivity contribution is 7.86. The number of guanidine groups is 1. The van der Waals surface area contributed by atoms with Gasteiger partial charge < -0.3 is 19.9 Å². The quantitative estimate of drug-likeness (QED) is 0.372. The molecule has 29 heavy (non-hydrogen) atoms. The minimum atomic E-state index is -4.05. The van der Waals surface area contributed by atoms with Crippen molar-refractivity contribution in [3.8, 4) is 17.2 Å². The molecule has 0 amide bonds. The van der Waals surface area contributed by atoms with Crippen molar-refractivity contribution in [2.45, 2.75) is 11.8 Å². The molecule has 0 saturated carbocycles. The summed E-state index contributed by atoms with van der Waals surface area (Å²) in [6.07, 6.45) is 1.35. The van der Waals surface area contributed by atoms with E-state index in [1.54, 1.807) is 24.3 Å². The molecule has 0 aliphatic heterocycles. The minimum Gasteiger partial charge on any atom is -0.496 e. The monoisotopic (exact) mass is 422 g/mol. The Hall–Kier alpha value is -3.31. The number of aryl methyl sites for hydroxylation is 1. The van der Waals surface area contributed by atoms with E-state index in [-0.39, 0.29) is 10.9 Å². The van der Waals surface area contributed by atoms with Gasteiger partial charge in [-0.3, -0.25) is 0 Å². The van der Waals surface area contributed by atoms with Crippen molar-refractivity contribution in [3.05, 3.63) is 47.5 Å². The van der Waals surface area contributed by atoms with E-state index in [9.17, 15) is 8.42 Å². The van der Waals surface area contributed by atoms with Crippen LogP contribution in [-0.4, -0.2) is 41.9 Å². The van der Waals surface area contributed by atoms with Gasteiger partial charge in [-0.2, -0.15) is 13.5 Å². The van der Waals surface area contributed by atoms with Gasteiger partial charge in [-0.05, 0) is 25.1 Å². The highest BCUT2D eigenvalue weighted by atomic mass is 32.2. The number of hydrogen-bond donors (Lipinski definition) is 2. The van der Waals surface area contributed by atoms with Gasteiger partial charge in [-0.25, -0.2) is 5.48 Å². The van der Waals surface area contributed by atoms with Gasteiger partial charge in [0, 0.05) is 11.6 Å². The van der Waals surface area contributed by atoms with Crippen molar-refractivity contribution < 1.29 is 26.9 Å². The third kappa shape index (κ3) is 5.83. The molecule has 0 spiro atoms. The molecule has 0 saturated heterocycles. The molecule has 0 aliphatic rings. The second kappa shape index (κ2) is 9.75. The number of benzene rings is 2. The molecule has 2 aromatic carbocycles. The van der Waals surface area contributed by atoms with Gasteiger partial charge in [0.05, 0.1) is 32.4 Å². The third-order valence-electron chi connectivity index (χ3n) is 3.66. The topological polar surface area (TPSA) is 134 Å².